The molecule has 0 saturated carbocycles. The summed E-state index contributed by atoms with van der Waals surface area (Å²) in [4.78, 5) is 40.1. The molecule has 1 heterocycles. The van der Waals surface area contributed by atoms with Crippen molar-refractivity contribution in [3.05, 3.63) is 65.1 Å². The van der Waals surface area contributed by atoms with E-state index in [0.717, 1.165) is 16.0 Å². The topological polar surface area (TPSA) is 85.8 Å². The van der Waals surface area contributed by atoms with Gasteiger partial charge in [0.15, 0.2) is 5.75 Å². The van der Waals surface area contributed by atoms with Crippen molar-refractivity contribution in [2.75, 3.05) is 19.1 Å². The number of fused-ring (bicyclic) bond motifs is 1. The predicted molar refractivity (Wildman–Crippen MR) is 103 cm³/mol. The number of benzene rings is 2. The van der Waals surface area contributed by atoms with Gasteiger partial charge in [0, 0.05) is 11.6 Å². The highest BCUT2D eigenvalue weighted by molar-refractivity contribution is 6.11. The van der Waals surface area contributed by atoms with Crippen LogP contribution >= 0.6 is 0 Å². The second-order valence-electron chi connectivity index (χ2n) is 6.13. The summed E-state index contributed by atoms with van der Waals surface area (Å²) in [6, 6.07) is 9.13. The highest BCUT2D eigenvalue weighted by atomic mass is 19.1. The van der Waals surface area contributed by atoms with E-state index in [0.29, 0.717) is 30.1 Å². The number of carbonyl (C=O) groups is 3. The van der Waals surface area contributed by atoms with E-state index in [-0.39, 0.29) is 22.8 Å². The van der Waals surface area contributed by atoms with Crippen LogP contribution in [0.2, 0.25) is 0 Å². The van der Waals surface area contributed by atoms with Gasteiger partial charge < -0.3 is 9.47 Å². The lowest BCUT2D eigenvalue weighted by atomic mass is 10.0. The number of aromatic nitrogens is 1. The van der Waals surface area contributed by atoms with Gasteiger partial charge in [-0.1, -0.05) is 12.1 Å². The standard InChI is InChI=1S/C21H17FN2O5/c1-28-20-17(21(27)29-2)9-18(24(11-25)12-26)16-8-14(10-23-19(16)20)7-13-3-5-15(22)6-4-13/h3-6,8-12H,7H2,1-2H3. The minimum absolute atomic E-state index is 0.0324. The maximum absolute atomic E-state index is 13.1. The Labute approximate surface area is 165 Å². The molecule has 3 rings (SSSR count). The minimum Gasteiger partial charge on any atom is -0.494 e. The van der Waals surface area contributed by atoms with E-state index >= 15 is 0 Å². The molecule has 7 nitrogen and oxygen atoms in total. The van der Waals surface area contributed by atoms with Gasteiger partial charge in [0.2, 0.25) is 12.8 Å². The number of esters is 1. The van der Waals surface area contributed by atoms with E-state index in [4.69, 9.17) is 9.47 Å². The number of rotatable bonds is 7. The molecule has 0 unspecified atom stereocenters. The summed E-state index contributed by atoms with van der Waals surface area (Å²) in [6.07, 6.45) is 2.71. The first kappa shape index (κ1) is 19.9. The monoisotopic (exact) mass is 396 g/mol. The number of halogens is 1. The molecule has 148 valence electrons. The van der Waals surface area contributed by atoms with E-state index in [1.54, 1.807) is 24.4 Å². The average Bonchev–Trinajstić information content (AvgIpc) is 2.75. The summed E-state index contributed by atoms with van der Waals surface area (Å²) >= 11 is 0. The Morgan fingerprint density at radius 2 is 1.79 bits per heavy atom. The largest absolute Gasteiger partial charge is 0.494 e. The van der Waals surface area contributed by atoms with Crippen LogP contribution in [0, 0.1) is 5.82 Å². The van der Waals surface area contributed by atoms with E-state index in [9.17, 15) is 18.8 Å². The molecule has 0 N–H and O–H groups in total. The van der Waals surface area contributed by atoms with Crippen molar-refractivity contribution in [3.8, 4) is 5.75 Å². The lowest BCUT2D eigenvalue weighted by Gasteiger charge is -2.17. The number of amides is 2. The number of hydrogen-bond donors (Lipinski definition) is 0. The molecule has 0 atom stereocenters. The van der Waals surface area contributed by atoms with Crippen molar-refractivity contribution < 1.29 is 28.2 Å². The second kappa shape index (κ2) is 8.47. The van der Waals surface area contributed by atoms with Crippen molar-refractivity contribution in [2.24, 2.45) is 0 Å². The zero-order chi connectivity index (χ0) is 21.0. The molecule has 0 bridgehead atoms. The van der Waals surface area contributed by atoms with Crippen LogP contribution in [0.3, 0.4) is 0 Å². The number of imide groups is 1. The summed E-state index contributed by atoms with van der Waals surface area (Å²) in [5.41, 5.74) is 2.11. The molecule has 0 spiro atoms. The van der Waals surface area contributed by atoms with Gasteiger partial charge in [-0.05, 0) is 41.8 Å². The summed E-state index contributed by atoms with van der Waals surface area (Å²) in [5, 5.41) is 0.438. The van der Waals surface area contributed by atoms with Crippen LogP contribution in [-0.4, -0.2) is 38.0 Å². The first-order valence-electron chi connectivity index (χ1n) is 8.53. The number of anilines is 1. The number of pyridine rings is 1. The van der Waals surface area contributed by atoms with Crippen LogP contribution in [0.5, 0.6) is 5.75 Å². The maximum atomic E-state index is 13.1. The normalized spacial score (nSPS) is 10.4. The van der Waals surface area contributed by atoms with Crippen LogP contribution in [0.4, 0.5) is 10.1 Å². The zero-order valence-electron chi connectivity index (χ0n) is 15.7. The Kier molecular flexibility index (Phi) is 5.82. The van der Waals surface area contributed by atoms with Crippen molar-refractivity contribution in [1.29, 1.82) is 0 Å². The highest BCUT2D eigenvalue weighted by Crippen LogP contribution is 2.36. The smallest absolute Gasteiger partial charge is 0.341 e. The van der Waals surface area contributed by atoms with Crippen molar-refractivity contribution >= 4 is 35.4 Å². The molecule has 0 fully saturated rings. The van der Waals surface area contributed by atoms with Gasteiger partial charge in [-0.25, -0.2) is 9.18 Å². The zero-order valence-corrected chi connectivity index (χ0v) is 15.7. The van der Waals surface area contributed by atoms with E-state index in [2.05, 4.69) is 4.98 Å². The lowest BCUT2D eigenvalue weighted by molar-refractivity contribution is -0.113. The Hall–Kier alpha value is -3.81. The van der Waals surface area contributed by atoms with Crippen LogP contribution in [0.15, 0.2) is 42.6 Å². The molecule has 0 aliphatic rings. The van der Waals surface area contributed by atoms with Gasteiger partial charge in [0.25, 0.3) is 0 Å². The summed E-state index contributed by atoms with van der Waals surface area (Å²) in [6.45, 7) is 0. The third kappa shape index (κ3) is 3.91. The minimum atomic E-state index is -0.695. The van der Waals surface area contributed by atoms with Gasteiger partial charge in [-0.3, -0.25) is 19.5 Å². The molecule has 1 aromatic heterocycles. The summed E-state index contributed by atoms with van der Waals surface area (Å²) < 4.78 is 23.3. The van der Waals surface area contributed by atoms with Crippen LogP contribution in [0.25, 0.3) is 10.9 Å². The Morgan fingerprint density at radius 3 is 2.38 bits per heavy atom. The Morgan fingerprint density at radius 1 is 1.10 bits per heavy atom. The molecular weight excluding hydrogens is 379 g/mol. The molecule has 0 aliphatic heterocycles. The summed E-state index contributed by atoms with van der Waals surface area (Å²) in [7, 11) is 2.59. The quantitative estimate of drug-likeness (QED) is 0.451. The number of nitrogens with zero attached hydrogens (tertiary/aromatic N) is 2. The van der Waals surface area contributed by atoms with Crippen LogP contribution in [0.1, 0.15) is 21.5 Å². The fraction of sp³-hybridized carbons (Fsp3) is 0.143. The maximum Gasteiger partial charge on any atom is 0.341 e. The number of ether oxygens (including phenoxy) is 2. The Balaban J connectivity index is 2.22. The average molecular weight is 396 g/mol. The van der Waals surface area contributed by atoms with Crippen molar-refractivity contribution in [3.63, 3.8) is 0 Å². The Bertz CT molecular complexity index is 1070. The molecule has 0 saturated heterocycles. The number of hydrogen-bond acceptors (Lipinski definition) is 6. The molecule has 2 aromatic carbocycles. The van der Waals surface area contributed by atoms with Gasteiger partial charge in [0.05, 0.1) is 19.9 Å². The third-order valence-electron chi connectivity index (χ3n) is 4.40. The molecule has 29 heavy (non-hydrogen) atoms. The van der Waals surface area contributed by atoms with Gasteiger partial charge in [-0.2, -0.15) is 0 Å². The number of methoxy groups -OCH3 is 2. The van der Waals surface area contributed by atoms with Crippen LogP contribution in [-0.2, 0) is 20.7 Å². The second-order valence-corrected chi connectivity index (χ2v) is 6.13. The predicted octanol–water partition coefficient (Wildman–Crippen LogP) is 2.88. The molecule has 2 amide bonds. The van der Waals surface area contributed by atoms with Crippen molar-refractivity contribution in [2.45, 2.75) is 6.42 Å². The van der Waals surface area contributed by atoms with Crippen LogP contribution < -0.4 is 9.64 Å². The van der Waals surface area contributed by atoms with Crippen molar-refractivity contribution in [1.82, 2.24) is 4.98 Å². The van der Waals surface area contributed by atoms with E-state index < -0.39 is 5.97 Å². The summed E-state index contributed by atoms with van der Waals surface area (Å²) in [5.74, 6) is -0.861. The molecular formula is C21H17FN2O5. The van der Waals surface area contributed by atoms with Gasteiger partial charge in [0.1, 0.15) is 16.9 Å². The highest BCUT2D eigenvalue weighted by Gasteiger charge is 2.22. The lowest BCUT2D eigenvalue weighted by Crippen LogP contribution is -2.20. The fourth-order valence-corrected chi connectivity index (χ4v) is 3.05. The van der Waals surface area contributed by atoms with Gasteiger partial charge in [-0.15, -0.1) is 0 Å². The molecule has 0 radical (unpaired) electrons. The fourth-order valence-electron chi connectivity index (χ4n) is 3.05. The van der Waals surface area contributed by atoms with Gasteiger partial charge >= 0.3 is 5.97 Å². The molecule has 0 aliphatic carbocycles. The molecule has 8 heteroatoms. The first-order valence-corrected chi connectivity index (χ1v) is 8.53. The van der Waals surface area contributed by atoms with E-state index in [1.165, 1.54) is 32.4 Å². The number of carbonyl (C=O) groups excluding carboxylic acids is 3. The third-order valence-corrected chi connectivity index (χ3v) is 4.40. The SMILES string of the molecule is COC(=O)c1cc(N(C=O)C=O)c2cc(Cc3ccc(F)cc3)cnc2c1OC. The molecule has 3 aromatic rings. The van der Waals surface area contributed by atoms with E-state index in [1.807, 2.05) is 0 Å². The first-order chi connectivity index (χ1) is 14.0.